The van der Waals surface area contributed by atoms with Gasteiger partial charge in [0.25, 0.3) is 0 Å². The number of fused-ring (bicyclic) bond motifs is 10. The van der Waals surface area contributed by atoms with Crippen LogP contribution in [-0.2, 0) is 0 Å². The zero-order chi connectivity index (χ0) is 40.7. The molecule has 0 aliphatic heterocycles. The maximum Gasteiger partial charge on any atom is 0.145 e. The molecule has 0 unspecified atom stereocenters. The van der Waals surface area contributed by atoms with Crippen molar-refractivity contribution in [3.05, 3.63) is 218 Å². The number of para-hydroxylation sites is 5. The SMILES string of the molecule is c1cc(-c2cccc3c2oc2ccccc23)cc(N(c2ccc3c(oc4ccccc43)c2-c2ccc(-n3c4ccccc4c4ccccc43)cc2)c2cccc3ccccc23)c1. The Bertz CT molecular complexity index is 3830. The highest BCUT2D eigenvalue weighted by Crippen LogP contribution is 2.49. The van der Waals surface area contributed by atoms with E-state index >= 15 is 0 Å². The Kier molecular flexibility index (Phi) is 7.57. The smallest absolute Gasteiger partial charge is 0.145 e. The van der Waals surface area contributed by atoms with E-state index in [4.69, 9.17) is 8.83 Å². The fourth-order valence-electron chi connectivity index (χ4n) is 9.82. The second-order valence-corrected chi connectivity index (χ2v) is 16.0. The quantitative estimate of drug-likeness (QED) is 0.168. The summed E-state index contributed by atoms with van der Waals surface area (Å²) >= 11 is 0. The van der Waals surface area contributed by atoms with E-state index in [1.807, 2.05) is 18.2 Å². The summed E-state index contributed by atoms with van der Waals surface area (Å²) < 4.78 is 15.9. The standard InChI is InChI=1S/C58H36N2O2/c1-2-18-42-37(14-1)15-12-27-50(42)60(41-17-11-16-39(36-41)43-23-13-24-48-46-21-5-9-28-54(46)61-57(43)48)53-35-34-49-47-22-6-10-29-55(47)62-58(49)56(53)38-30-32-40(33-31-38)59-51-25-7-3-19-44(51)45-20-4-8-26-52(45)59/h1-36H. The Balaban J connectivity index is 1.06. The second kappa shape index (κ2) is 13.6. The minimum absolute atomic E-state index is 0.849. The molecule has 3 aromatic heterocycles. The van der Waals surface area contributed by atoms with Gasteiger partial charge < -0.3 is 18.3 Å². The van der Waals surface area contributed by atoms with Crippen molar-refractivity contribution in [2.45, 2.75) is 0 Å². The molecule has 0 atom stereocenters. The number of hydrogen-bond donors (Lipinski definition) is 0. The Morgan fingerprint density at radius 2 is 0.919 bits per heavy atom. The van der Waals surface area contributed by atoms with Crippen LogP contribution in [0.3, 0.4) is 0 Å². The Labute approximate surface area is 356 Å². The molecule has 0 aliphatic carbocycles. The van der Waals surface area contributed by atoms with Crippen LogP contribution in [0.1, 0.15) is 0 Å². The van der Waals surface area contributed by atoms with Crippen molar-refractivity contribution in [1.82, 2.24) is 4.57 Å². The molecular weight excluding hydrogens is 757 g/mol. The summed E-state index contributed by atoms with van der Waals surface area (Å²) in [6.45, 7) is 0. The largest absolute Gasteiger partial charge is 0.455 e. The Morgan fingerprint density at radius 3 is 1.66 bits per heavy atom. The number of aromatic nitrogens is 1. The van der Waals surface area contributed by atoms with Gasteiger partial charge in [0, 0.05) is 60.2 Å². The topological polar surface area (TPSA) is 34.5 Å². The molecule has 13 rings (SSSR count). The second-order valence-electron chi connectivity index (χ2n) is 16.0. The van der Waals surface area contributed by atoms with Crippen LogP contribution in [0.4, 0.5) is 17.1 Å². The highest BCUT2D eigenvalue weighted by molar-refractivity contribution is 6.15. The van der Waals surface area contributed by atoms with Crippen LogP contribution >= 0.6 is 0 Å². The van der Waals surface area contributed by atoms with Crippen LogP contribution in [0.5, 0.6) is 0 Å². The number of furan rings is 2. The van der Waals surface area contributed by atoms with E-state index in [9.17, 15) is 0 Å². The maximum absolute atomic E-state index is 6.93. The van der Waals surface area contributed by atoms with E-state index in [2.05, 4.69) is 210 Å². The summed E-state index contributed by atoms with van der Waals surface area (Å²) in [4.78, 5) is 2.41. The van der Waals surface area contributed by atoms with Crippen LogP contribution < -0.4 is 4.90 Å². The highest BCUT2D eigenvalue weighted by Gasteiger charge is 2.25. The zero-order valence-electron chi connectivity index (χ0n) is 33.5. The molecule has 0 bridgehead atoms. The van der Waals surface area contributed by atoms with Gasteiger partial charge in [-0.2, -0.15) is 0 Å². The lowest BCUT2D eigenvalue weighted by Crippen LogP contribution is -2.12. The van der Waals surface area contributed by atoms with Crippen molar-refractivity contribution < 1.29 is 8.83 Å². The van der Waals surface area contributed by atoms with Crippen molar-refractivity contribution >= 4 is 93.5 Å². The molecule has 3 heterocycles. The number of nitrogens with zero attached hydrogens (tertiary/aromatic N) is 2. The average Bonchev–Trinajstić information content (AvgIpc) is 4.02. The minimum atomic E-state index is 0.849. The lowest BCUT2D eigenvalue weighted by molar-refractivity contribution is 0.669. The summed E-state index contributed by atoms with van der Waals surface area (Å²) in [6, 6.07) is 77.9. The van der Waals surface area contributed by atoms with E-state index in [-0.39, 0.29) is 0 Å². The van der Waals surface area contributed by atoms with Gasteiger partial charge in [-0.05, 0) is 83.2 Å². The van der Waals surface area contributed by atoms with Gasteiger partial charge >= 0.3 is 0 Å². The average molecular weight is 793 g/mol. The Hall–Kier alpha value is -8.34. The third kappa shape index (κ3) is 5.20. The van der Waals surface area contributed by atoms with Gasteiger partial charge in [-0.15, -0.1) is 0 Å². The van der Waals surface area contributed by atoms with Gasteiger partial charge in [-0.3, -0.25) is 0 Å². The molecule has 10 aromatic carbocycles. The van der Waals surface area contributed by atoms with E-state index in [1.165, 1.54) is 27.2 Å². The lowest BCUT2D eigenvalue weighted by Gasteiger charge is -2.29. The molecular formula is C58H36N2O2. The zero-order valence-corrected chi connectivity index (χ0v) is 33.5. The predicted molar refractivity (Wildman–Crippen MR) is 258 cm³/mol. The summed E-state index contributed by atoms with van der Waals surface area (Å²) in [5.41, 5.74) is 14.2. The molecule has 0 N–H and O–H groups in total. The fourth-order valence-corrected chi connectivity index (χ4v) is 9.82. The molecule has 0 spiro atoms. The minimum Gasteiger partial charge on any atom is -0.455 e. The van der Waals surface area contributed by atoms with Crippen molar-refractivity contribution in [3.63, 3.8) is 0 Å². The van der Waals surface area contributed by atoms with Crippen molar-refractivity contribution in [1.29, 1.82) is 0 Å². The first-order valence-electron chi connectivity index (χ1n) is 21.1. The molecule has 13 aromatic rings. The number of benzene rings is 10. The molecule has 4 nitrogen and oxygen atoms in total. The first-order chi connectivity index (χ1) is 30.8. The van der Waals surface area contributed by atoms with Gasteiger partial charge in [-0.25, -0.2) is 0 Å². The van der Waals surface area contributed by atoms with Crippen LogP contribution in [0.15, 0.2) is 227 Å². The van der Waals surface area contributed by atoms with Gasteiger partial charge in [0.2, 0.25) is 0 Å². The summed E-state index contributed by atoms with van der Waals surface area (Å²) in [5, 5.41) is 9.19. The normalized spacial score (nSPS) is 11.9. The molecule has 0 amide bonds. The molecule has 290 valence electrons. The summed E-state index contributed by atoms with van der Waals surface area (Å²) in [7, 11) is 0. The van der Waals surface area contributed by atoms with Crippen LogP contribution in [0, 0.1) is 0 Å². The first kappa shape index (κ1) is 34.5. The van der Waals surface area contributed by atoms with E-state index in [0.29, 0.717) is 0 Å². The monoisotopic (exact) mass is 792 g/mol. The molecule has 0 aliphatic rings. The van der Waals surface area contributed by atoms with E-state index < -0.39 is 0 Å². The molecule has 0 radical (unpaired) electrons. The maximum atomic E-state index is 6.93. The van der Waals surface area contributed by atoms with Gasteiger partial charge in [0.1, 0.15) is 22.3 Å². The molecule has 0 fully saturated rings. The van der Waals surface area contributed by atoms with Gasteiger partial charge in [0.15, 0.2) is 0 Å². The molecule has 0 saturated carbocycles. The van der Waals surface area contributed by atoms with Crippen LogP contribution in [0.25, 0.3) is 104 Å². The number of rotatable bonds is 6. The fraction of sp³-hybridized carbons (Fsp3) is 0. The van der Waals surface area contributed by atoms with E-state index in [1.54, 1.807) is 0 Å². The predicted octanol–water partition coefficient (Wildman–Crippen LogP) is 16.5. The molecule has 62 heavy (non-hydrogen) atoms. The van der Waals surface area contributed by atoms with Crippen molar-refractivity contribution in [2.24, 2.45) is 0 Å². The highest BCUT2D eigenvalue weighted by atomic mass is 16.3. The van der Waals surface area contributed by atoms with Crippen LogP contribution in [-0.4, -0.2) is 4.57 Å². The summed E-state index contributed by atoms with van der Waals surface area (Å²) in [6.07, 6.45) is 0. The summed E-state index contributed by atoms with van der Waals surface area (Å²) in [5.74, 6) is 0. The third-order valence-corrected chi connectivity index (χ3v) is 12.6. The third-order valence-electron chi connectivity index (χ3n) is 12.6. The van der Waals surface area contributed by atoms with Crippen LogP contribution in [0.2, 0.25) is 0 Å². The number of anilines is 3. The first-order valence-corrected chi connectivity index (χ1v) is 21.1. The number of hydrogen-bond acceptors (Lipinski definition) is 3. The van der Waals surface area contributed by atoms with Crippen molar-refractivity contribution in [3.8, 4) is 27.9 Å². The van der Waals surface area contributed by atoms with E-state index in [0.717, 1.165) is 94.3 Å². The Morgan fingerprint density at radius 1 is 0.355 bits per heavy atom. The van der Waals surface area contributed by atoms with Crippen molar-refractivity contribution in [2.75, 3.05) is 4.90 Å². The van der Waals surface area contributed by atoms with Gasteiger partial charge in [0.05, 0.1) is 22.4 Å². The lowest BCUT2D eigenvalue weighted by atomic mass is 9.97. The molecule has 0 saturated heterocycles. The van der Waals surface area contributed by atoms with Gasteiger partial charge in [-0.1, -0.05) is 152 Å². The molecule has 4 heteroatoms.